The van der Waals surface area contributed by atoms with Crippen molar-refractivity contribution in [1.29, 1.82) is 0 Å². The lowest BCUT2D eigenvalue weighted by atomic mass is 10.1. The monoisotopic (exact) mass is 399 g/mol. The third-order valence-electron chi connectivity index (χ3n) is 4.49. The number of carbonyl (C=O) groups is 1. The molecule has 0 aliphatic carbocycles. The summed E-state index contributed by atoms with van der Waals surface area (Å²) in [5.74, 6) is 0.0516. The van der Waals surface area contributed by atoms with E-state index in [0.717, 1.165) is 25.9 Å². The van der Waals surface area contributed by atoms with Crippen LogP contribution in [0.4, 0.5) is 11.4 Å². The lowest BCUT2D eigenvalue weighted by Crippen LogP contribution is -2.21. The Morgan fingerprint density at radius 1 is 1.32 bits per heavy atom. The molecule has 0 bridgehead atoms. The molecule has 8 nitrogen and oxygen atoms in total. The largest absolute Gasteiger partial charge is 0.462 e. The maximum Gasteiger partial charge on any atom is 0.340 e. The van der Waals surface area contributed by atoms with Gasteiger partial charge < -0.3 is 14.1 Å². The van der Waals surface area contributed by atoms with Crippen molar-refractivity contribution in [1.82, 2.24) is 4.98 Å². The first-order valence-corrected chi connectivity index (χ1v) is 9.68. The smallest absolute Gasteiger partial charge is 0.340 e. The fraction of sp³-hybridized carbons (Fsp3) is 0.263. The van der Waals surface area contributed by atoms with Crippen LogP contribution in [0.15, 0.2) is 46.4 Å². The molecule has 0 spiro atoms. The van der Waals surface area contributed by atoms with E-state index < -0.39 is 10.9 Å². The van der Waals surface area contributed by atoms with Crippen molar-refractivity contribution in [3.8, 4) is 10.8 Å². The number of nitrogens with zero attached hydrogens (tertiary/aromatic N) is 3. The summed E-state index contributed by atoms with van der Waals surface area (Å²) >= 11 is 1.39. The minimum Gasteiger partial charge on any atom is -0.462 e. The maximum atomic E-state index is 12.7. The van der Waals surface area contributed by atoms with Crippen LogP contribution in [-0.2, 0) is 11.3 Å². The van der Waals surface area contributed by atoms with Crippen LogP contribution in [0.2, 0.25) is 0 Å². The summed E-state index contributed by atoms with van der Waals surface area (Å²) in [7, 11) is 0. The lowest BCUT2D eigenvalue weighted by Gasteiger charge is -2.20. The predicted molar refractivity (Wildman–Crippen MR) is 103 cm³/mol. The van der Waals surface area contributed by atoms with Crippen molar-refractivity contribution in [2.75, 3.05) is 18.0 Å². The van der Waals surface area contributed by atoms with Gasteiger partial charge in [0.05, 0.1) is 28.1 Å². The van der Waals surface area contributed by atoms with Crippen LogP contribution >= 0.6 is 11.3 Å². The van der Waals surface area contributed by atoms with Crippen LogP contribution in [0, 0.1) is 10.1 Å². The van der Waals surface area contributed by atoms with Crippen molar-refractivity contribution in [3.05, 3.63) is 63.3 Å². The van der Waals surface area contributed by atoms with Crippen LogP contribution in [0.5, 0.6) is 0 Å². The Kier molecular flexibility index (Phi) is 5.07. The molecular formula is C19H17N3O5S. The Bertz CT molecular complexity index is 993. The van der Waals surface area contributed by atoms with Gasteiger partial charge in [-0.3, -0.25) is 10.1 Å². The molecule has 4 rings (SSSR count). The predicted octanol–water partition coefficient (Wildman–Crippen LogP) is 4.27. The van der Waals surface area contributed by atoms with Gasteiger partial charge in [-0.2, -0.15) is 0 Å². The van der Waals surface area contributed by atoms with Crippen LogP contribution < -0.4 is 4.90 Å². The third-order valence-corrected chi connectivity index (χ3v) is 5.40. The Hall–Kier alpha value is -3.20. The molecule has 1 fully saturated rings. The molecule has 1 aliphatic heterocycles. The number of nitro benzene ring substituents is 1. The van der Waals surface area contributed by atoms with E-state index in [1.165, 1.54) is 23.5 Å². The van der Waals surface area contributed by atoms with Crippen LogP contribution in [-0.4, -0.2) is 29.0 Å². The normalized spacial score (nSPS) is 13.6. The molecule has 2 aromatic heterocycles. The molecule has 0 unspecified atom stereocenters. The first-order valence-electron chi connectivity index (χ1n) is 8.80. The summed E-state index contributed by atoms with van der Waals surface area (Å²) in [6.07, 6.45) is 3.62. The van der Waals surface area contributed by atoms with Crippen molar-refractivity contribution in [2.24, 2.45) is 0 Å². The van der Waals surface area contributed by atoms with E-state index in [1.54, 1.807) is 29.8 Å². The van der Waals surface area contributed by atoms with Gasteiger partial charge in [0.2, 0.25) is 0 Å². The number of esters is 1. The summed E-state index contributed by atoms with van der Waals surface area (Å²) in [6, 6.07) is 7.91. The number of nitro groups is 1. The number of furan rings is 1. The van der Waals surface area contributed by atoms with E-state index >= 15 is 0 Å². The number of aromatic nitrogens is 1. The van der Waals surface area contributed by atoms with Gasteiger partial charge in [-0.25, -0.2) is 9.78 Å². The third kappa shape index (κ3) is 3.74. The van der Waals surface area contributed by atoms with Crippen molar-refractivity contribution < 1.29 is 18.9 Å². The van der Waals surface area contributed by atoms with Gasteiger partial charge >= 0.3 is 5.97 Å². The summed E-state index contributed by atoms with van der Waals surface area (Å²) in [6.45, 7) is 1.62. The fourth-order valence-electron chi connectivity index (χ4n) is 3.14. The average Bonchev–Trinajstić information content (AvgIpc) is 3.47. The number of anilines is 1. The van der Waals surface area contributed by atoms with Gasteiger partial charge in [-0.1, -0.05) is 0 Å². The lowest BCUT2D eigenvalue weighted by molar-refractivity contribution is -0.384. The molecule has 28 heavy (non-hydrogen) atoms. The summed E-state index contributed by atoms with van der Waals surface area (Å²) in [4.78, 5) is 29.8. The van der Waals surface area contributed by atoms with Gasteiger partial charge in [0.1, 0.15) is 6.61 Å². The van der Waals surface area contributed by atoms with E-state index in [0.29, 0.717) is 22.1 Å². The molecule has 1 saturated heterocycles. The van der Waals surface area contributed by atoms with Gasteiger partial charge in [-0.05, 0) is 31.0 Å². The number of carbonyl (C=O) groups excluding carboxylic acids is 1. The SMILES string of the molecule is O=C(OCc1csc(-c2ccco2)n1)c1cc([N+](=O)[O-])ccc1N1CCCC1. The van der Waals surface area contributed by atoms with E-state index in [2.05, 4.69) is 9.88 Å². The van der Waals surface area contributed by atoms with Gasteiger partial charge in [-0.15, -0.1) is 11.3 Å². The zero-order valence-corrected chi connectivity index (χ0v) is 15.7. The minimum atomic E-state index is -0.599. The number of benzene rings is 1. The standard InChI is InChI=1S/C19H17N3O5S/c23-19(27-11-13-12-28-18(20-13)17-4-3-9-26-17)15-10-14(22(24)25)5-6-16(15)21-7-1-2-8-21/h3-6,9-10,12H,1-2,7-8,11H2. The number of rotatable bonds is 6. The molecule has 9 heteroatoms. The van der Waals surface area contributed by atoms with E-state index in [-0.39, 0.29) is 17.9 Å². The first-order chi connectivity index (χ1) is 13.6. The van der Waals surface area contributed by atoms with E-state index in [1.807, 2.05) is 0 Å². The van der Waals surface area contributed by atoms with Gasteiger partial charge in [0.25, 0.3) is 5.69 Å². The van der Waals surface area contributed by atoms with Gasteiger partial charge in [0, 0.05) is 30.6 Å². The molecule has 1 aromatic carbocycles. The van der Waals surface area contributed by atoms with Crippen molar-refractivity contribution in [2.45, 2.75) is 19.4 Å². The summed E-state index contributed by atoms with van der Waals surface area (Å²) in [5.41, 5.74) is 1.34. The number of non-ortho nitro benzene ring substituents is 1. The quantitative estimate of drug-likeness (QED) is 0.347. The molecule has 0 radical (unpaired) electrons. The maximum absolute atomic E-state index is 12.7. The van der Waals surface area contributed by atoms with Crippen molar-refractivity contribution >= 4 is 28.7 Å². The number of ether oxygens (including phenoxy) is 1. The molecule has 0 amide bonds. The molecular weight excluding hydrogens is 382 g/mol. The number of thiazole rings is 1. The zero-order valence-electron chi connectivity index (χ0n) is 14.9. The topological polar surface area (TPSA) is 98.7 Å². The highest BCUT2D eigenvalue weighted by molar-refractivity contribution is 7.13. The minimum absolute atomic E-state index is 0.0157. The van der Waals surface area contributed by atoms with E-state index in [4.69, 9.17) is 9.15 Å². The van der Waals surface area contributed by atoms with Crippen LogP contribution in [0.1, 0.15) is 28.9 Å². The second-order valence-corrected chi connectivity index (χ2v) is 7.21. The van der Waals surface area contributed by atoms with E-state index in [9.17, 15) is 14.9 Å². The Balaban J connectivity index is 1.52. The molecule has 3 aromatic rings. The fourth-order valence-corrected chi connectivity index (χ4v) is 3.91. The Labute approximate surface area is 164 Å². The number of hydrogen-bond donors (Lipinski definition) is 0. The first kappa shape index (κ1) is 18.2. The molecule has 0 N–H and O–H groups in total. The van der Waals surface area contributed by atoms with Gasteiger partial charge in [0.15, 0.2) is 10.8 Å². The molecule has 0 saturated carbocycles. The highest BCUT2D eigenvalue weighted by Crippen LogP contribution is 2.29. The molecule has 144 valence electrons. The zero-order chi connectivity index (χ0) is 19.5. The van der Waals surface area contributed by atoms with Crippen LogP contribution in [0.25, 0.3) is 10.8 Å². The molecule has 3 heterocycles. The van der Waals surface area contributed by atoms with Crippen LogP contribution in [0.3, 0.4) is 0 Å². The summed E-state index contributed by atoms with van der Waals surface area (Å²) < 4.78 is 10.7. The Morgan fingerprint density at radius 2 is 2.14 bits per heavy atom. The average molecular weight is 399 g/mol. The molecule has 0 atom stereocenters. The number of hydrogen-bond acceptors (Lipinski definition) is 8. The molecule has 1 aliphatic rings. The van der Waals surface area contributed by atoms with Crippen molar-refractivity contribution in [3.63, 3.8) is 0 Å². The summed E-state index contributed by atoms with van der Waals surface area (Å²) in [5, 5.41) is 13.6. The second kappa shape index (κ2) is 7.81. The highest BCUT2D eigenvalue weighted by atomic mass is 32.1. The second-order valence-electron chi connectivity index (χ2n) is 6.35. The highest BCUT2D eigenvalue weighted by Gasteiger charge is 2.23. The Morgan fingerprint density at radius 3 is 2.86 bits per heavy atom.